The Labute approximate surface area is 186 Å². The van der Waals surface area contributed by atoms with Crippen molar-refractivity contribution in [2.24, 2.45) is 4.99 Å². The number of benzodiazepines with no additional fused rings is 1. The number of nitrogens with zero attached hydrogens (tertiary/aromatic N) is 2. The smallest absolute Gasteiger partial charge is 0.321 e. The van der Waals surface area contributed by atoms with Crippen molar-refractivity contribution in [1.82, 2.24) is 5.32 Å². The van der Waals surface area contributed by atoms with Gasteiger partial charge in [-0.05, 0) is 24.6 Å². The Hall–Kier alpha value is -4.13. The summed E-state index contributed by atoms with van der Waals surface area (Å²) in [7, 11) is 3.25. The van der Waals surface area contributed by atoms with E-state index in [0.29, 0.717) is 17.1 Å². The predicted octanol–water partition coefficient (Wildman–Crippen LogP) is 3.97. The van der Waals surface area contributed by atoms with E-state index in [1.54, 1.807) is 43.3 Å². The third-order valence-corrected chi connectivity index (χ3v) is 5.29. The number of rotatable bonds is 4. The Bertz CT molecular complexity index is 1190. The van der Waals surface area contributed by atoms with Gasteiger partial charge in [-0.15, -0.1) is 0 Å². The molecule has 0 aromatic heterocycles. The lowest BCUT2D eigenvalue weighted by molar-refractivity contribution is -0.119. The molecule has 1 unspecified atom stereocenters. The molecule has 1 aliphatic rings. The highest BCUT2D eigenvalue weighted by molar-refractivity contribution is 6.20. The van der Waals surface area contributed by atoms with E-state index in [1.807, 2.05) is 55.5 Å². The number of hydrogen-bond donors (Lipinski definition) is 2. The average Bonchev–Trinajstić information content (AvgIpc) is 2.91. The number of ether oxygens (including phenoxy) is 1. The van der Waals surface area contributed by atoms with Crippen LogP contribution in [0.1, 0.15) is 16.7 Å². The number of aryl methyl sites for hydroxylation is 1. The quantitative estimate of drug-likeness (QED) is 0.660. The van der Waals surface area contributed by atoms with Crippen LogP contribution >= 0.6 is 0 Å². The van der Waals surface area contributed by atoms with E-state index in [9.17, 15) is 9.59 Å². The van der Waals surface area contributed by atoms with Gasteiger partial charge < -0.3 is 20.3 Å². The van der Waals surface area contributed by atoms with Crippen LogP contribution in [0.3, 0.4) is 0 Å². The van der Waals surface area contributed by atoms with Crippen LogP contribution in [-0.2, 0) is 4.79 Å². The van der Waals surface area contributed by atoms with Gasteiger partial charge in [-0.3, -0.25) is 4.79 Å². The number of anilines is 2. The summed E-state index contributed by atoms with van der Waals surface area (Å²) in [5, 5.41) is 5.45. The van der Waals surface area contributed by atoms with Gasteiger partial charge in [0.1, 0.15) is 5.75 Å². The highest BCUT2D eigenvalue weighted by Crippen LogP contribution is 2.30. The number of hydrogen-bond acceptors (Lipinski definition) is 4. The SMILES string of the molecule is COc1cccc(NC(=O)NC2N=C(c3ccccc3)c3cccc(C)c3N(C)C2=O)c1. The van der Waals surface area contributed by atoms with Gasteiger partial charge in [-0.25, -0.2) is 9.79 Å². The van der Waals surface area contributed by atoms with Gasteiger partial charge in [-0.2, -0.15) is 0 Å². The lowest BCUT2D eigenvalue weighted by atomic mass is 9.98. The molecule has 0 saturated carbocycles. The number of para-hydroxylation sites is 1. The Morgan fingerprint density at radius 2 is 1.78 bits per heavy atom. The van der Waals surface area contributed by atoms with Crippen molar-refractivity contribution >= 4 is 29.0 Å². The van der Waals surface area contributed by atoms with Crippen molar-refractivity contribution in [3.05, 3.63) is 89.5 Å². The van der Waals surface area contributed by atoms with E-state index >= 15 is 0 Å². The van der Waals surface area contributed by atoms with E-state index in [4.69, 9.17) is 9.73 Å². The topological polar surface area (TPSA) is 83.0 Å². The highest BCUT2D eigenvalue weighted by Gasteiger charge is 2.31. The van der Waals surface area contributed by atoms with E-state index in [2.05, 4.69) is 10.6 Å². The molecule has 2 N–H and O–H groups in total. The highest BCUT2D eigenvalue weighted by atomic mass is 16.5. The standard InChI is InChI=1S/C25H24N4O3/c1-16-9-7-14-20-21(17-10-5-4-6-11-17)27-23(24(30)29(2)22(16)20)28-25(31)26-18-12-8-13-19(15-18)32-3/h4-15,23H,1-3H3,(H2,26,28,31). The zero-order chi connectivity index (χ0) is 22.7. The first-order chi connectivity index (χ1) is 15.5. The van der Waals surface area contributed by atoms with Gasteiger partial charge in [0.2, 0.25) is 6.17 Å². The Kier molecular flexibility index (Phi) is 5.89. The number of fused-ring (bicyclic) bond motifs is 1. The zero-order valence-electron chi connectivity index (χ0n) is 18.1. The molecule has 1 atom stereocenters. The molecule has 0 radical (unpaired) electrons. The molecule has 7 nitrogen and oxygen atoms in total. The van der Waals surface area contributed by atoms with Crippen molar-refractivity contribution in [1.29, 1.82) is 0 Å². The number of amides is 3. The van der Waals surface area contributed by atoms with E-state index in [-0.39, 0.29) is 5.91 Å². The normalized spacial score (nSPS) is 15.3. The molecular weight excluding hydrogens is 404 g/mol. The lowest BCUT2D eigenvalue weighted by Gasteiger charge is -2.22. The fourth-order valence-electron chi connectivity index (χ4n) is 3.75. The second-order valence-electron chi connectivity index (χ2n) is 7.45. The Morgan fingerprint density at radius 3 is 2.53 bits per heavy atom. The van der Waals surface area contributed by atoms with Crippen molar-refractivity contribution in [3.63, 3.8) is 0 Å². The first-order valence-corrected chi connectivity index (χ1v) is 10.2. The van der Waals surface area contributed by atoms with Crippen LogP contribution in [0.2, 0.25) is 0 Å². The fourth-order valence-corrected chi connectivity index (χ4v) is 3.75. The molecule has 3 aromatic rings. The predicted molar refractivity (Wildman–Crippen MR) is 126 cm³/mol. The third kappa shape index (κ3) is 4.18. The molecule has 0 spiro atoms. The minimum absolute atomic E-state index is 0.327. The molecule has 7 heteroatoms. The molecule has 0 aliphatic carbocycles. The number of carbonyl (C=O) groups is 2. The second-order valence-corrected chi connectivity index (χ2v) is 7.45. The van der Waals surface area contributed by atoms with E-state index in [1.165, 1.54) is 0 Å². The number of nitrogens with one attached hydrogen (secondary N) is 2. The molecule has 4 rings (SSSR count). The number of methoxy groups -OCH3 is 1. The van der Waals surface area contributed by atoms with Crippen molar-refractivity contribution < 1.29 is 14.3 Å². The summed E-state index contributed by atoms with van der Waals surface area (Å²) in [6, 6.07) is 21.9. The first kappa shape index (κ1) is 21.1. The summed E-state index contributed by atoms with van der Waals surface area (Å²) in [6.45, 7) is 1.95. The second kappa shape index (κ2) is 8.93. The summed E-state index contributed by atoms with van der Waals surface area (Å²) < 4.78 is 5.19. The van der Waals surface area contributed by atoms with Crippen LogP contribution in [0, 0.1) is 6.92 Å². The maximum atomic E-state index is 13.3. The maximum Gasteiger partial charge on any atom is 0.321 e. The van der Waals surface area contributed by atoms with Gasteiger partial charge in [0, 0.05) is 29.9 Å². The van der Waals surface area contributed by atoms with Crippen LogP contribution in [0.25, 0.3) is 0 Å². The van der Waals surface area contributed by atoms with Crippen molar-refractivity contribution in [2.45, 2.75) is 13.1 Å². The minimum atomic E-state index is -1.09. The number of carbonyl (C=O) groups excluding carboxylic acids is 2. The molecule has 3 amide bonds. The zero-order valence-corrected chi connectivity index (χ0v) is 18.1. The Morgan fingerprint density at radius 1 is 1.03 bits per heavy atom. The molecule has 1 heterocycles. The largest absolute Gasteiger partial charge is 0.497 e. The van der Waals surface area contributed by atoms with E-state index in [0.717, 1.165) is 22.4 Å². The number of aliphatic imine (C=N–C) groups is 1. The number of urea groups is 1. The fraction of sp³-hybridized carbons (Fsp3) is 0.160. The van der Waals surface area contributed by atoms with Gasteiger partial charge in [0.25, 0.3) is 5.91 Å². The average molecular weight is 428 g/mol. The summed E-state index contributed by atoms with van der Waals surface area (Å²) in [4.78, 5) is 32.3. The van der Waals surface area contributed by atoms with Crippen LogP contribution < -0.4 is 20.3 Å². The van der Waals surface area contributed by atoms with Gasteiger partial charge in [0.05, 0.1) is 18.5 Å². The summed E-state index contributed by atoms with van der Waals surface area (Å²) in [6.07, 6.45) is -1.09. The summed E-state index contributed by atoms with van der Waals surface area (Å²) in [5.74, 6) is 0.288. The van der Waals surface area contributed by atoms with Crippen molar-refractivity contribution in [2.75, 3.05) is 24.4 Å². The monoisotopic (exact) mass is 428 g/mol. The molecule has 1 aliphatic heterocycles. The van der Waals surface area contributed by atoms with Gasteiger partial charge in [0.15, 0.2) is 0 Å². The maximum absolute atomic E-state index is 13.3. The summed E-state index contributed by atoms with van der Waals surface area (Å²) >= 11 is 0. The number of likely N-dealkylation sites (N-methyl/N-ethyl adjacent to an activating group) is 1. The van der Waals surface area contributed by atoms with Gasteiger partial charge in [-0.1, -0.05) is 54.6 Å². The molecule has 162 valence electrons. The van der Waals surface area contributed by atoms with E-state index < -0.39 is 12.2 Å². The third-order valence-electron chi connectivity index (χ3n) is 5.29. The Balaban J connectivity index is 1.70. The van der Waals surface area contributed by atoms with Crippen LogP contribution in [0.4, 0.5) is 16.2 Å². The van der Waals surface area contributed by atoms with Crippen molar-refractivity contribution in [3.8, 4) is 5.75 Å². The molecule has 0 fully saturated rings. The first-order valence-electron chi connectivity index (χ1n) is 10.2. The minimum Gasteiger partial charge on any atom is -0.497 e. The molecular formula is C25H24N4O3. The van der Waals surface area contributed by atoms with Crippen LogP contribution in [0.15, 0.2) is 77.8 Å². The summed E-state index contributed by atoms with van der Waals surface area (Å²) in [5.41, 5.74) is 4.62. The molecule has 32 heavy (non-hydrogen) atoms. The molecule has 0 bridgehead atoms. The van der Waals surface area contributed by atoms with Crippen LogP contribution in [-0.4, -0.2) is 38.0 Å². The van der Waals surface area contributed by atoms with Crippen LogP contribution in [0.5, 0.6) is 5.75 Å². The lowest BCUT2D eigenvalue weighted by Crippen LogP contribution is -2.47. The number of benzene rings is 3. The molecule has 3 aromatic carbocycles. The molecule has 0 saturated heterocycles. The van der Waals surface area contributed by atoms with Gasteiger partial charge >= 0.3 is 6.03 Å².